The molecule has 2 aromatic heterocycles. The van der Waals surface area contributed by atoms with Crippen LogP contribution in [0.15, 0.2) is 18.5 Å². The Kier molecular flexibility index (Phi) is 4.15. The van der Waals surface area contributed by atoms with Crippen LogP contribution < -0.4 is 5.32 Å². The minimum atomic E-state index is 0.553. The summed E-state index contributed by atoms with van der Waals surface area (Å²) in [4.78, 5) is 0. The Balaban J connectivity index is 1.75. The van der Waals surface area contributed by atoms with E-state index >= 15 is 0 Å². The molecule has 0 saturated carbocycles. The third kappa shape index (κ3) is 3.20. The zero-order chi connectivity index (χ0) is 13.0. The van der Waals surface area contributed by atoms with Gasteiger partial charge in [-0.05, 0) is 32.4 Å². The van der Waals surface area contributed by atoms with E-state index in [0.717, 1.165) is 31.0 Å². The molecule has 2 heterocycles. The molecule has 0 aromatic carbocycles. The van der Waals surface area contributed by atoms with Crippen molar-refractivity contribution in [3.05, 3.63) is 35.4 Å². The number of hydrogen-bond donors (Lipinski definition) is 2. The van der Waals surface area contributed by atoms with Gasteiger partial charge in [0.05, 0.1) is 5.69 Å². The number of aryl methyl sites for hydroxylation is 2. The summed E-state index contributed by atoms with van der Waals surface area (Å²) in [6, 6.07) is 1.96. The molecule has 0 amide bonds. The minimum absolute atomic E-state index is 0.553. The van der Waals surface area contributed by atoms with E-state index in [1.165, 1.54) is 5.56 Å². The van der Waals surface area contributed by atoms with Crippen molar-refractivity contribution in [2.45, 2.75) is 33.9 Å². The molecule has 2 rings (SSSR count). The first-order valence-electron chi connectivity index (χ1n) is 6.35. The van der Waals surface area contributed by atoms with Gasteiger partial charge in [0.25, 0.3) is 0 Å². The lowest BCUT2D eigenvalue weighted by Crippen LogP contribution is -2.24. The third-order valence-corrected chi connectivity index (χ3v) is 3.13. The average molecular weight is 247 g/mol. The quantitative estimate of drug-likeness (QED) is 0.816. The van der Waals surface area contributed by atoms with Gasteiger partial charge in [-0.3, -0.25) is 9.78 Å². The van der Waals surface area contributed by atoms with Gasteiger partial charge < -0.3 is 5.32 Å². The van der Waals surface area contributed by atoms with E-state index in [4.69, 9.17) is 0 Å². The number of aromatic nitrogens is 4. The highest BCUT2D eigenvalue weighted by Crippen LogP contribution is 2.08. The van der Waals surface area contributed by atoms with Gasteiger partial charge in [-0.15, -0.1) is 0 Å². The number of nitrogens with zero attached hydrogens (tertiary/aromatic N) is 3. The van der Waals surface area contributed by atoms with Gasteiger partial charge in [0.2, 0.25) is 0 Å². The Morgan fingerprint density at radius 1 is 1.44 bits per heavy atom. The molecule has 1 atom stereocenters. The van der Waals surface area contributed by atoms with Gasteiger partial charge in [-0.25, -0.2) is 0 Å². The molecule has 0 unspecified atom stereocenters. The van der Waals surface area contributed by atoms with Crippen LogP contribution in [0.4, 0.5) is 0 Å². The van der Waals surface area contributed by atoms with Crippen molar-refractivity contribution in [3.8, 4) is 0 Å². The first-order valence-corrected chi connectivity index (χ1v) is 6.35. The maximum absolute atomic E-state index is 4.22. The van der Waals surface area contributed by atoms with Gasteiger partial charge in [0.15, 0.2) is 0 Å². The first-order chi connectivity index (χ1) is 8.66. The van der Waals surface area contributed by atoms with Crippen LogP contribution in [0.1, 0.15) is 23.9 Å². The molecule has 0 aliphatic heterocycles. The molecule has 2 N–H and O–H groups in total. The fraction of sp³-hybridized carbons (Fsp3) is 0.538. The summed E-state index contributed by atoms with van der Waals surface area (Å²) >= 11 is 0. The smallest absolute Gasteiger partial charge is 0.0638 e. The molecule has 0 saturated heterocycles. The Morgan fingerprint density at radius 2 is 2.28 bits per heavy atom. The van der Waals surface area contributed by atoms with Crippen LogP contribution in [-0.4, -0.2) is 26.5 Å². The van der Waals surface area contributed by atoms with Crippen LogP contribution in [0.3, 0.4) is 0 Å². The highest BCUT2D eigenvalue weighted by atomic mass is 15.3. The van der Waals surface area contributed by atoms with E-state index in [2.05, 4.69) is 34.5 Å². The van der Waals surface area contributed by atoms with Crippen molar-refractivity contribution >= 4 is 0 Å². The molecule has 0 fully saturated rings. The second kappa shape index (κ2) is 5.82. The van der Waals surface area contributed by atoms with Crippen molar-refractivity contribution in [2.24, 2.45) is 5.92 Å². The molecular formula is C13H21N5. The number of rotatable bonds is 6. The fourth-order valence-corrected chi connectivity index (χ4v) is 2.07. The minimum Gasteiger partial charge on any atom is -0.312 e. The van der Waals surface area contributed by atoms with E-state index in [-0.39, 0.29) is 0 Å². The van der Waals surface area contributed by atoms with Crippen LogP contribution in [0.2, 0.25) is 0 Å². The molecule has 0 radical (unpaired) electrons. The highest BCUT2D eigenvalue weighted by Gasteiger charge is 2.07. The van der Waals surface area contributed by atoms with E-state index in [1.54, 1.807) is 0 Å². The molecule has 98 valence electrons. The number of nitrogens with one attached hydrogen (secondary N) is 2. The molecule has 0 bridgehead atoms. The average Bonchev–Trinajstić information content (AvgIpc) is 2.93. The number of H-pyrrole nitrogens is 1. The van der Waals surface area contributed by atoms with Crippen LogP contribution in [0, 0.1) is 19.8 Å². The van der Waals surface area contributed by atoms with Crippen LogP contribution in [0.25, 0.3) is 0 Å². The van der Waals surface area contributed by atoms with Crippen molar-refractivity contribution in [1.29, 1.82) is 0 Å². The third-order valence-electron chi connectivity index (χ3n) is 3.13. The summed E-state index contributed by atoms with van der Waals surface area (Å²) in [7, 11) is 0. The maximum Gasteiger partial charge on any atom is 0.0638 e. The van der Waals surface area contributed by atoms with Crippen molar-refractivity contribution in [3.63, 3.8) is 0 Å². The summed E-state index contributed by atoms with van der Waals surface area (Å²) < 4.78 is 1.97. The van der Waals surface area contributed by atoms with Crippen molar-refractivity contribution < 1.29 is 0 Å². The highest BCUT2D eigenvalue weighted by molar-refractivity contribution is 5.22. The molecule has 5 nitrogen and oxygen atoms in total. The largest absolute Gasteiger partial charge is 0.312 e. The second-order valence-electron chi connectivity index (χ2n) is 4.88. The van der Waals surface area contributed by atoms with Crippen LogP contribution in [0.5, 0.6) is 0 Å². The predicted octanol–water partition coefficient (Wildman–Crippen LogP) is 1.65. The lowest BCUT2D eigenvalue weighted by molar-refractivity contribution is 0.421. The maximum atomic E-state index is 4.22. The first kappa shape index (κ1) is 12.8. The standard InChI is InChI=1S/C13H21N5/c1-10(9-18-6-4-5-15-18)7-14-8-13-11(2)16-17-12(13)3/h4-6,10,14H,7-9H2,1-3H3,(H,16,17)/t10-/m1/s1. The fourth-order valence-electron chi connectivity index (χ4n) is 2.07. The zero-order valence-electron chi connectivity index (χ0n) is 11.3. The van der Waals surface area contributed by atoms with Gasteiger partial charge in [-0.2, -0.15) is 10.2 Å². The SMILES string of the molecule is Cc1n[nH]c(C)c1CNC[C@@H](C)Cn1cccn1. The Bertz CT molecular complexity index is 452. The summed E-state index contributed by atoms with van der Waals surface area (Å²) in [6.07, 6.45) is 3.82. The van der Waals surface area contributed by atoms with Gasteiger partial charge in [-0.1, -0.05) is 6.92 Å². The molecule has 0 spiro atoms. The molecule has 5 heteroatoms. The van der Waals surface area contributed by atoms with Gasteiger partial charge in [0, 0.05) is 36.7 Å². The van der Waals surface area contributed by atoms with Crippen LogP contribution >= 0.6 is 0 Å². The van der Waals surface area contributed by atoms with E-state index in [1.807, 2.05) is 30.1 Å². The zero-order valence-corrected chi connectivity index (χ0v) is 11.3. The van der Waals surface area contributed by atoms with Crippen molar-refractivity contribution in [2.75, 3.05) is 6.54 Å². The Hall–Kier alpha value is -1.62. The number of hydrogen-bond acceptors (Lipinski definition) is 3. The summed E-state index contributed by atoms with van der Waals surface area (Å²) in [5.74, 6) is 0.553. The lowest BCUT2D eigenvalue weighted by Gasteiger charge is -2.12. The second-order valence-corrected chi connectivity index (χ2v) is 4.88. The molecule has 0 aliphatic carbocycles. The number of aromatic amines is 1. The van der Waals surface area contributed by atoms with E-state index in [0.29, 0.717) is 5.92 Å². The van der Waals surface area contributed by atoms with Gasteiger partial charge in [0.1, 0.15) is 0 Å². The predicted molar refractivity (Wildman–Crippen MR) is 71.2 cm³/mol. The monoisotopic (exact) mass is 247 g/mol. The summed E-state index contributed by atoms with van der Waals surface area (Å²) in [5, 5.41) is 14.9. The Labute approximate surface area is 108 Å². The molecule has 2 aromatic rings. The topological polar surface area (TPSA) is 58.5 Å². The summed E-state index contributed by atoms with van der Waals surface area (Å²) in [5.41, 5.74) is 3.51. The molecule has 18 heavy (non-hydrogen) atoms. The molecular weight excluding hydrogens is 226 g/mol. The summed E-state index contributed by atoms with van der Waals surface area (Å²) in [6.45, 7) is 9.12. The normalized spacial score (nSPS) is 12.8. The Morgan fingerprint density at radius 3 is 2.89 bits per heavy atom. The van der Waals surface area contributed by atoms with Crippen molar-refractivity contribution in [1.82, 2.24) is 25.3 Å². The molecule has 0 aliphatic rings. The van der Waals surface area contributed by atoms with Crippen LogP contribution in [-0.2, 0) is 13.1 Å². The lowest BCUT2D eigenvalue weighted by atomic mass is 10.1. The van der Waals surface area contributed by atoms with E-state index in [9.17, 15) is 0 Å². The van der Waals surface area contributed by atoms with E-state index < -0.39 is 0 Å². The van der Waals surface area contributed by atoms with Gasteiger partial charge >= 0.3 is 0 Å².